The second kappa shape index (κ2) is 10.7. The SMILES string of the molecule is CC(c1ccc(F)c(F)c1F)N1CCN(C(=O)c2ccc(NS(=O)(=O)c3cccc4cccnc34)cc2)CC1. The molecule has 202 valence electrons. The Hall–Kier alpha value is -3.96. The molecular weight excluding hydrogens is 529 g/mol. The quantitative estimate of drug-likeness (QED) is 0.341. The van der Waals surface area contributed by atoms with Crippen LogP contribution < -0.4 is 4.72 Å². The summed E-state index contributed by atoms with van der Waals surface area (Å²) in [5.74, 6) is -4.15. The van der Waals surface area contributed by atoms with Gasteiger partial charge in [0.25, 0.3) is 15.9 Å². The second-order valence-corrected chi connectivity index (χ2v) is 10.9. The summed E-state index contributed by atoms with van der Waals surface area (Å²) in [6, 6.07) is 16.2. The minimum absolute atomic E-state index is 0.0520. The van der Waals surface area contributed by atoms with Crippen LogP contribution in [0.3, 0.4) is 0 Å². The normalized spacial score (nSPS) is 15.3. The van der Waals surface area contributed by atoms with E-state index in [1.165, 1.54) is 30.5 Å². The Morgan fingerprint density at radius 2 is 1.59 bits per heavy atom. The third-order valence-electron chi connectivity index (χ3n) is 6.93. The van der Waals surface area contributed by atoms with Gasteiger partial charge < -0.3 is 4.90 Å². The van der Waals surface area contributed by atoms with E-state index in [1.54, 1.807) is 48.2 Å². The van der Waals surface area contributed by atoms with Crippen molar-refractivity contribution < 1.29 is 26.4 Å². The van der Waals surface area contributed by atoms with Gasteiger partial charge in [0, 0.05) is 60.6 Å². The molecule has 0 bridgehead atoms. The van der Waals surface area contributed by atoms with Crippen LogP contribution in [-0.4, -0.2) is 55.3 Å². The monoisotopic (exact) mass is 554 g/mol. The summed E-state index contributed by atoms with van der Waals surface area (Å²) in [5, 5.41) is 0.700. The van der Waals surface area contributed by atoms with E-state index in [-0.39, 0.29) is 16.4 Å². The van der Waals surface area contributed by atoms with Crippen molar-refractivity contribution in [2.45, 2.75) is 17.9 Å². The Morgan fingerprint density at radius 1 is 0.897 bits per heavy atom. The zero-order chi connectivity index (χ0) is 27.7. The first-order valence-electron chi connectivity index (χ1n) is 12.3. The van der Waals surface area contributed by atoms with E-state index in [0.717, 1.165) is 6.07 Å². The summed E-state index contributed by atoms with van der Waals surface area (Å²) < 4.78 is 69.8. The molecule has 0 radical (unpaired) electrons. The number of rotatable bonds is 6. The summed E-state index contributed by atoms with van der Waals surface area (Å²) in [4.78, 5) is 20.9. The third kappa shape index (κ3) is 5.32. The van der Waals surface area contributed by atoms with Crippen LogP contribution in [0.15, 0.2) is 77.8 Å². The highest BCUT2D eigenvalue weighted by molar-refractivity contribution is 7.93. The van der Waals surface area contributed by atoms with E-state index >= 15 is 0 Å². The lowest BCUT2D eigenvalue weighted by Gasteiger charge is -2.38. The van der Waals surface area contributed by atoms with E-state index in [2.05, 4.69) is 9.71 Å². The first-order chi connectivity index (χ1) is 18.7. The number of carbonyl (C=O) groups is 1. The third-order valence-corrected chi connectivity index (χ3v) is 8.35. The van der Waals surface area contributed by atoms with Gasteiger partial charge in [0.15, 0.2) is 17.5 Å². The molecule has 0 aliphatic carbocycles. The van der Waals surface area contributed by atoms with Gasteiger partial charge >= 0.3 is 0 Å². The molecule has 2 heterocycles. The number of hydrogen-bond donors (Lipinski definition) is 1. The van der Waals surface area contributed by atoms with Gasteiger partial charge in [-0.2, -0.15) is 0 Å². The van der Waals surface area contributed by atoms with Gasteiger partial charge in [0.1, 0.15) is 4.90 Å². The van der Waals surface area contributed by atoms with Crippen LogP contribution in [0.5, 0.6) is 0 Å². The molecule has 1 atom stereocenters. The Labute approximate surface area is 223 Å². The molecule has 5 rings (SSSR count). The number of fused-ring (bicyclic) bond motifs is 1. The molecule has 3 aromatic carbocycles. The molecule has 1 N–H and O–H groups in total. The van der Waals surface area contributed by atoms with Gasteiger partial charge in [0.05, 0.1) is 5.52 Å². The van der Waals surface area contributed by atoms with Crippen LogP contribution in [0.4, 0.5) is 18.9 Å². The number of amides is 1. The van der Waals surface area contributed by atoms with Crippen LogP contribution in [0, 0.1) is 17.5 Å². The molecule has 1 aliphatic rings. The van der Waals surface area contributed by atoms with Crippen molar-refractivity contribution in [3.8, 4) is 0 Å². The fourth-order valence-electron chi connectivity index (χ4n) is 4.74. The number of piperazine rings is 1. The summed E-state index contributed by atoms with van der Waals surface area (Å²) in [5.41, 5.74) is 1.11. The summed E-state index contributed by atoms with van der Waals surface area (Å²) >= 11 is 0. The number of sulfonamides is 1. The van der Waals surface area contributed by atoms with Crippen molar-refractivity contribution in [1.29, 1.82) is 0 Å². The van der Waals surface area contributed by atoms with Crippen LogP contribution >= 0.6 is 0 Å². The number of nitrogens with one attached hydrogen (secondary N) is 1. The predicted molar refractivity (Wildman–Crippen MR) is 141 cm³/mol. The lowest BCUT2D eigenvalue weighted by molar-refractivity contribution is 0.0578. The van der Waals surface area contributed by atoms with Gasteiger partial charge in [-0.15, -0.1) is 0 Å². The van der Waals surface area contributed by atoms with E-state index in [4.69, 9.17) is 0 Å². The number of pyridine rings is 1. The van der Waals surface area contributed by atoms with Crippen molar-refractivity contribution >= 4 is 32.5 Å². The molecular formula is C28H25F3N4O3S. The number of nitrogens with zero attached hydrogens (tertiary/aromatic N) is 3. The Balaban J connectivity index is 1.23. The highest BCUT2D eigenvalue weighted by atomic mass is 32.2. The van der Waals surface area contributed by atoms with Gasteiger partial charge in [-0.05, 0) is 49.4 Å². The molecule has 0 saturated carbocycles. The number of hydrogen-bond acceptors (Lipinski definition) is 5. The van der Waals surface area contributed by atoms with Gasteiger partial charge in [0.2, 0.25) is 0 Å². The van der Waals surface area contributed by atoms with Crippen LogP contribution in [-0.2, 0) is 10.0 Å². The molecule has 1 saturated heterocycles. The summed E-state index contributed by atoms with van der Waals surface area (Å²) in [6.45, 7) is 3.26. The Bertz CT molecular complexity index is 1630. The number of benzene rings is 3. The van der Waals surface area contributed by atoms with Gasteiger partial charge in [-0.1, -0.05) is 24.3 Å². The number of halogens is 3. The van der Waals surface area contributed by atoms with Crippen molar-refractivity contribution in [2.75, 3.05) is 30.9 Å². The molecule has 1 amide bonds. The maximum atomic E-state index is 14.2. The highest BCUT2D eigenvalue weighted by Crippen LogP contribution is 2.27. The predicted octanol–water partition coefficient (Wildman–Crippen LogP) is 4.97. The van der Waals surface area contributed by atoms with Crippen LogP contribution in [0.25, 0.3) is 10.9 Å². The maximum Gasteiger partial charge on any atom is 0.264 e. The highest BCUT2D eigenvalue weighted by Gasteiger charge is 2.28. The minimum Gasteiger partial charge on any atom is -0.336 e. The van der Waals surface area contributed by atoms with Gasteiger partial charge in [-0.3, -0.25) is 19.4 Å². The number of aromatic nitrogens is 1. The summed E-state index contributed by atoms with van der Waals surface area (Å²) in [6.07, 6.45) is 1.53. The lowest BCUT2D eigenvalue weighted by Crippen LogP contribution is -2.49. The molecule has 1 fully saturated rings. The minimum atomic E-state index is -3.92. The summed E-state index contributed by atoms with van der Waals surface area (Å²) in [7, 11) is -3.92. The van der Waals surface area contributed by atoms with Crippen LogP contribution in [0.2, 0.25) is 0 Å². The van der Waals surface area contributed by atoms with E-state index in [0.29, 0.717) is 48.3 Å². The molecule has 7 nitrogen and oxygen atoms in total. The number of carbonyl (C=O) groups excluding carboxylic acids is 1. The molecule has 0 spiro atoms. The maximum absolute atomic E-state index is 14.2. The Morgan fingerprint density at radius 3 is 2.31 bits per heavy atom. The second-order valence-electron chi connectivity index (χ2n) is 9.28. The van der Waals surface area contributed by atoms with Gasteiger partial charge in [-0.25, -0.2) is 21.6 Å². The molecule has 1 aromatic heterocycles. The lowest BCUT2D eigenvalue weighted by atomic mass is 10.0. The first-order valence-corrected chi connectivity index (χ1v) is 13.8. The molecule has 39 heavy (non-hydrogen) atoms. The van der Waals surface area contributed by atoms with E-state index in [9.17, 15) is 26.4 Å². The largest absolute Gasteiger partial charge is 0.336 e. The fourth-order valence-corrected chi connectivity index (χ4v) is 5.98. The molecule has 11 heteroatoms. The topological polar surface area (TPSA) is 82.6 Å². The number of anilines is 1. The zero-order valence-electron chi connectivity index (χ0n) is 20.9. The van der Waals surface area contributed by atoms with Crippen molar-refractivity contribution in [3.63, 3.8) is 0 Å². The smallest absolute Gasteiger partial charge is 0.264 e. The van der Waals surface area contributed by atoms with Crippen molar-refractivity contribution in [1.82, 2.24) is 14.8 Å². The van der Waals surface area contributed by atoms with E-state index < -0.39 is 33.5 Å². The molecule has 4 aromatic rings. The molecule has 1 unspecified atom stereocenters. The van der Waals surface area contributed by atoms with Crippen molar-refractivity contribution in [3.05, 3.63) is 102 Å². The Kier molecular flexibility index (Phi) is 7.28. The van der Waals surface area contributed by atoms with E-state index in [1.807, 2.05) is 4.90 Å². The molecule has 1 aliphatic heterocycles. The fraction of sp³-hybridized carbons (Fsp3) is 0.214. The average Bonchev–Trinajstić information content (AvgIpc) is 2.95. The zero-order valence-corrected chi connectivity index (χ0v) is 21.8. The van der Waals surface area contributed by atoms with Crippen molar-refractivity contribution in [2.24, 2.45) is 0 Å². The first kappa shape index (κ1) is 26.6. The number of para-hydroxylation sites is 1. The average molecular weight is 555 g/mol. The van der Waals surface area contributed by atoms with Crippen LogP contribution in [0.1, 0.15) is 28.9 Å². The standard InChI is InChI=1S/C28H25F3N4O3S/c1-18(22-11-12-23(29)26(31)25(22)30)34-14-16-35(17-15-34)28(36)20-7-9-21(10-8-20)33-39(37,38)24-6-2-4-19-5-3-13-32-27(19)24/h2-13,18,33H,14-17H2,1H3.